The molecule has 1 aliphatic heterocycles. The van der Waals surface area contributed by atoms with Crippen molar-refractivity contribution in [3.63, 3.8) is 0 Å². The van der Waals surface area contributed by atoms with E-state index in [1.54, 1.807) is 0 Å². The van der Waals surface area contributed by atoms with Crippen LogP contribution in [0, 0.1) is 5.92 Å². The van der Waals surface area contributed by atoms with Crippen LogP contribution in [-0.2, 0) is 17.6 Å². The number of benzene rings is 3. The van der Waals surface area contributed by atoms with Gasteiger partial charge in [0.1, 0.15) is 0 Å². The zero-order valence-electron chi connectivity index (χ0n) is 17.9. The molecular formula is C26H25N3O3. The Kier molecular flexibility index (Phi) is 5.45. The lowest BCUT2D eigenvalue weighted by molar-refractivity contribution is -0.145. The van der Waals surface area contributed by atoms with Crippen molar-refractivity contribution in [2.24, 2.45) is 5.92 Å². The standard InChI is InChI=1S/C26H25N3O3/c1-2-5-16-10-12-17(13-11-16)25-28-24(29-32-25)21-9-4-7-19-18(6-3-8-20(19)21)14-23-22(15-27-23)26(30)31/h3-4,6-13,22-23,27H,2,5,14-15H2,1H3,(H,30,31). The summed E-state index contributed by atoms with van der Waals surface area (Å²) in [5.74, 6) is -0.0293. The van der Waals surface area contributed by atoms with E-state index in [1.165, 1.54) is 5.56 Å². The highest BCUT2D eigenvalue weighted by Crippen LogP contribution is 2.32. The number of nitrogens with one attached hydrogen (secondary N) is 1. The predicted octanol–water partition coefficient (Wildman–Crippen LogP) is 4.72. The lowest BCUT2D eigenvalue weighted by Crippen LogP contribution is -2.57. The number of hydrogen-bond acceptors (Lipinski definition) is 5. The smallest absolute Gasteiger partial charge is 0.309 e. The van der Waals surface area contributed by atoms with Crippen molar-refractivity contribution in [2.75, 3.05) is 6.54 Å². The minimum absolute atomic E-state index is 0.0470. The van der Waals surface area contributed by atoms with Gasteiger partial charge in [0.15, 0.2) is 0 Å². The summed E-state index contributed by atoms with van der Waals surface area (Å²) in [7, 11) is 0. The predicted molar refractivity (Wildman–Crippen MR) is 123 cm³/mol. The second kappa shape index (κ2) is 8.55. The van der Waals surface area contributed by atoms with Gasteiger partial charge in [0.25, 0.3) is 5.89 Å². The third-order valence-electron chi connectivity index (χ3n) is 6.26. The van der Waals surface area contributed by atoms with Crippen LogP contribution in [-0.4, -0.2) is 33.8 Å². The fourth-order valence-corrected chi connectivity index (χ4v) is 4.41. The van der Waals surface area contributed by atoms with Crippen molar-refractivity contribution in [1.82, 2.24) is 15.5 Å². The molecule has 162 valence electrons. The summed E-state index contributed by atoms with van der Waals surface area (Å²) in [4.78, 5) is 16.1. The Bertz CT molecular complexity index is 1260. The summed E-state index contributed by atoms with van der Waals surface area (Å²) in [5.41, 5.74) is 4.21. The Labute approximate surface area is 186 Å². The van der Waals surface area contributed by atoms with Gasteiger partial charge < -0.3 is 14.9 Å². The fraction of sp³-hybridized carbons (Fsp3) is 0.269. The van der Waals surface area contributed by atoms with Gasteiger partial charge in [-0.05, 0) is 46.9 Å². The third kappa shape index (κ3) is 3.78. The molecule has 0 bridgehead atoms. The van der Waals surface area contributed by atoms with E-state index in [-0.39, 0.29) is 12.0 Å². The van der Waals surface area contributed by atoms with Gasteiger partial charge in [-0.1, -0.05) is 67.0 Å². The molecule has 1 saturated heterocycles. The summed E-state index contributed by atoms with van der Waals surface area (Å²) in [6.45, 7) is 2.70. The molecule has 6 heteroatoms. The zero-order chi connectivity index (χ0) is 22.1. The van der Waals surface area contributed by atoms with Crippen LogP contribution in [0.3, 0.4) is 0 Å². The number of aliphatic carboxylic acids is 1. The molecule has 0 aliphatic carbocycles. The highest BCUT2D eigenvalue weighted by molar-refractivity contribution is 5.97. The fourth-order valence-electron chi connectivity index (χ4n) is 4.41. The average molecular weight is 428 g/mol. The summed E-state index contributed by atoms with van der Waals surface area (Å²) < 4.78 is 5.58. The first kappa shape index (κ1) is 20.4. The van der Waals surface area contributed by atoms with Crippen LogP contribution < -0.4 is 5.32 Å². The van der Waals surface area contributed by atoms with Crippen LogP contribution in [0.25, 0.3) is 33.6 Å². The molecule has 3 aromatic carbocycles. The molecule has 0 spiro atoms. The van der Waals surface area contributed by atoms with Crippen molar-refractivity contribution in [3.8, 4) is 22.8 Å². The molecule has 5 rings (SSSR count). The Morgan fingerprint density at radius 1 is 1.09 bits per heavy atom. The van der Waals surface area contributed by atoms with Gasteiger partial charge in [-0.2, -0.15) is 4.98 Å². The van der Waals surface area contributed by atoms with Crippen molar-refractivity contribution in [1.29, 1.82) is 0 Å². The molecule has 32 heavy (non-hydrogen) atoms. The summed E-state index contributed by atoms with van der Waals surface area (Å²) in [6, 6.07) is 20.4. The molecule has 2 unspecified atom stereocenters. The van der Waals surface area contributed by atoms with Gasteiger partial charge in [-0.25, -0.2) is 0 Å². The summed E-state index contributed by atoms with van der Waals surface area (Å²) in [6.07, 6.45) is 2.83. The average Bonchev–Trinajstić information content (AvgIpc) is 3.27. The molecular weight excluding hydrogens is 402 g/mol. The molecule has 1 aliphatic rings. The number of rotatable bonds is 7. The van der Waals surface area contributed by atoms with E-state index in [4.69, 9.17) is 4.52 Å². The Morgan fingerprint density at radius 2 is 1.88 bits per heavy atom. The quantitative estimate of drug-likeness (QED) is 0.444. The third-order valence-corrected chi connectivity index (χ3v) is 6.26. The summed E-state index contributed by atoms with van der Waals surface area (Å²) >= 11 is 0. The minimum Gasteiger partial charge on any atom is -0.481 e. The second-order valence-electron chi connectivity index (χ2n) is 8.35. The van der Waals surface area contributed by atoms with Gasteiger partial charge in [-0.15, -0.1) is 0 Å². The molecule has 2 N–H and O–H groups in total. The molecule has 2 atom stereocenters. The van der Waals surface area contributed by atoms with E-state index >= 15 is 0 Å². The van der Waals surface area contributed by atoms with Crippen LogP contribution >= 0.6 is 0 Å². The number of carboxylic acid groups (broad SMARTS) is 1. The molecule has 6 nitrogen and oxygen atoms in total. The molecule has 2 heterocycles. The topological polar surface area (TPSA) is 88.2 Å². The monoisotopic (exact) mass is 427 g/mol. The van der Waals surface area contributed by atoms with E-state index in [9.17, 15) is 9.90 Å². The number of carbonyl (C=O) groups is 1. The Morgan fingerprint density at radius 3 is 2.59 bits per heavy atom. The lowest BCUT2D eigenvalue weighted by atomic mass is 9.85. The van der Waals surface area contributed by atoms with Gasteiger partial charge in [0.05, 0.1) is 5.92 Å². The highest BCUT2D eigenvalue weighted by Gasteiger charge is 2.36. The van der Waals surface area contributed by atoms with Crippen LogP contribution in [0.4, 0.5) is 0 Å². The number of nitrogens with zero attached hydrogens (tertiary/aromatic N) is 2. The van der Waals surface area contributed by atoms with E-state index in [0.29, 0.717) is 24.7 Å². The van der Waals surface area contributed by atoms with Gasteiger partial charge in [0, 0.05) is 23.7 Å². The maximum Gasteiger partial charge on any atom is 0.309 e. The number of hydrogen-bond donors (Lipinski definition) is 2. The molecule has 0 saturated carbocycles. The van der Waals surface area contributed by atoms with Gasteiger partial charge >= 0.3 is 5.97 Å². The Hall–Kier alpha value is -3.51. The van der Waals surface area contributed by atoms with E-state index in [2.05, 4.69) is 46.6 Å². The Balaban J connectivity index is 1.46. The minimum atomic E-state index is -0.739. The second-order valence-corrected chi connectivity index (χ2v) is 8.35. The van der Waals surface area contributed by atoms with Gasteiger partial charge in [-0.3, -0.25) is 4.79 Å². The number of aromatic nitrogens is 2. The molecule has 0 radical (unpaired) electrons. The first-order valence-electron chi connectivity index (χ1n) is 11.0. The van der Waals surface area contributed by atoms with Crippen LogP contribution in [0.1, 0.15) is 24.5 Å². The normalized spacial score (nSPS) is 17.9. The largest absolute Gasteiger partial charge is 0.481 e. The number of carboxylic acids is 1. The van der Waals surface area contributed by atoms with E-state index in [0.717, 1.165) is 40.3 Å². The molecule has 0 amide bonds. The van der Waals surface area contributed by atoms with Crippen LogP contribution in [0.15, 0.2) is 65.2 Å². The van der Waals surface area contributed by atoms with Crippen molar-refractivity contribution < 1.29 is 14.4 Å². The highest BCUT2D eigenvalue weighted by atomic mass is 16.5. The SMILES string of the molecule is CCCc1ccc(-c2nc(-c3cccc4c(CC5NCC5C(=O)O)cccc34)no2)cc1. The number of aryl methyl sites for hydroxylation is 1. The maximum absolute atomic E-state index is 11.4. The van der Waals surface area contributed by atoms with Crippen molar-refractivity contribution in [3.05, 3.63) is 71.8 Å². The molecule has 4 aromatic rings. The van der Waals surface area contributed by atoms with Crippen molar-refractivity contribution >= 4 is 16.7 Å². The van der Waals surface area contributed by atoms with E-state index < -0.39 is 5.97 Å². The van der Waals surface area contributed by atoms with Crippen LogP contribution in [0.2, 0.25) is 0 Å². The van der Waals surface area contributed by atoms with Gasteiger partial charge in [0.2, 0.25) is 5.82 Å². The van der Waals surface area contributed by atoms with Crippen LogP contribution in [0.5, 0.6) is 0 Å². The summed E-state index contributed by atoms with van der Waals surface area (Å²) in [5, 5.41) is 19.0. The van der Waals surface area contributed by atoms with Crippen molar-refractivity contribution in [2.45, 2.75) is 32.2 Å². The van der Waals surface area contributed by atoms with E-state index in [1.807, 2.05) is 36.4 Å². The maximum atomic E-state index is 11.4. The first-order chi connectivity index (χ1) is 15.6. The molecule has 1 aromatic heterocycles. The number of fused-ring (bicyclic) bond motifs is 1. The molecule has 1 fully saturated rings. The zero-order valence-corrected chi connectivity index (χ0v) is 17.9. The first-order valence-corrected chi connectivity index (χ1v) is 11.0. The lowest BCUT2D eigenvalue weighted by Gasteiger charge is -2.35.